The maximum absolute atomic E-state index is 10.9. The van der Waals surface area contributed by atoms with E-state index >= 15 is 0 Å². The van der Waals surface area contributed by atoms with Crippen LogP contribution in [0, 0.1) is 11.8 Å². The highest BCUT2D eigenvalue weighted by Crippen LogP contribution is 2.52. The van der Waals surface area contributed by atoms with Gasteiger partial charge in [0.05, 0.1) is 5.92 Å². The first-order chi connectivity index (χ1) is 6.19. The molecule has 1 fully saturated rings. The van der Waals surface area contributed by atoms with E-state index in [-0.39, 0.29) is 11.9 Å². The number of carbonyl (C=O) groups is 2. The molecule has 3 nitrogen and oxygen atoms in total. The van der Waals surface area contributed by atoms with Crippen molar-refractivity contribution >= 4 is 12.3 Å². The summed E-state index contributed by atoms with van der Waals surface area (Å²) in [5.41, 5.74) is -0.576. The molecule has 0 aromatic rings. The first-order valence-electron chi connectivity index (χ1n) is 4.51. The zero-order valence-electron chi connectivity index (χ0n) is 7.53. The fourth-order valence-corrected chi connectivity index (χ4v) is 2.38. The quantitative estimate of drug-likeness (QED) is 0.363. The molecule has 3 heteroatoms. The summed E-state index contributed by atoms with van der Waals surface area (Å²) in [6, 6.07) is 0. The van der Waals surface area contributed by atoms with Crippen LogP contribution >= 0.6 is 0 Å². The highest BCUT2D eigenvalue weighted by molar-refractivity contribution is 5.69. The molecule has 13 heavy (non-hydrogen) atoms. The van der Waals surface area contributed by atoms with Crippen LogP contribution in [0.1, 0.15) is 19.8 Å². The Balaban J connectivity index is 2.20. The average molecular weight is 180 g/mol. The smallest absolute Gasteiger partial charge is 0.303 e. The highest BCUT2D eigenvalue weighted by atomic mass is 16.6. The maximum Gasteiger partial charge on any atom is 0.303 e. The lowest BCUT2D eigenvalue weighted by Crippen LogP contribution is -2.55. The van der Waals surface area contributed by atoms with Crippen LogP contribution in [0.15, 0.2) is 12.2 Å². The number of fused-ring (bicyclic) bond motifs is 1. The second-order valence-corrected chi connectivity index (χ2v) is 3.76. The SMILES string of the molecule is CC(=O)O[C@@]12C=CCC1C[C@@H]2C=O. The molecule has 0 spiro atoms. The minimum absolute atomic E-state index is 0.125. The predicted octanol–water partition coefficient (Wildman–Crippen LogP) is 1.08. The molecule has 0 aromatic carbocycles. The Labute approximate surface area is 76.8 Å². The van der Waals surface area contributed by atoms with E-state index in [1.165, 1.54) is 6.92 Å². The average Bonchev–Trinajstić information content (AvgIpc) is 2.33. The van der Waals surface area contributed by atoms with Gasteiger partial charge in [0.2, 0.25) is 0 Å². The molecule has 2 aliphatic rings. The second-order valence-electron chi connectivity index (χ2n) is 3.76. The lowest BCUT2D eigenvalue weighted by molar-refractivity contribution is -0.179. The van der Waals surface area contributed by atoms with E-state index in [0.29, 0.717) is 5.92 Å². The molecule has 0 aliphatic heterocycles. The van der Waals surface area contributed by atoms with E-state index in [9.17, 15) is 9.59 Å². The van der Waals surface area contributed by atoms with Gasteiger partial charge in [-0.05, 0) is 18.9 Å². The van der Waals surface area contributed by atoms with Crippen LogP contribution in [0.4, 0.5) is 0 Å². The third-order valence-corrected chi connectivity index (χ3v) is 3.04. The van der Waals surface area contributed by atoms with Crippen LogP contribution in [-0.4, -0.2) is 17.9 Å². The lowest BCUT2D eigenvalue weighted by atomic mass is 9.63. The van der Waals surface area contributed by atoms with E-state index in [1.54, 1.807) is 0 Å². The van der Waals surface area contributed by atoms with Gasteiger partial charge in [0.1, 0.15) is 11.9 Å². The fraction of sp³-hybridized carbons (Fsp3) is 0.600. The van der Waals surface area contributed by atoms with Crippen molar-refractivity contribution in [3.05, 3.63) is 12.2 Å². The van der Waals surface area contributed by atoms with Crippen LogP contribution in [0.25, 0.3) is 0 Å². The number of rotatable bonds is 2. The van der Waals surface area contributed by atoms with Crippen molar-refractivity contribution in [2.45, 2.75) is 25.4 Å². The van der Waals surface area contributed by atoms with Gasteiger partial charge in [0.15, 0.2) is 0 Å². The van der Waals surface area contributed by atoms with Crippen molar-refractivity contribution in [1.29, 1.82) is 0 Å². The summed E-state index contributed by atoms with van der Waals surface area (Å²) in [5, 5.41) is 0. The Hall–Kier alpha value is -1.12. The minimum Gasteiger partial charge on any atom is -0.454 e. The van der Waals surface area contributed by atoms with Crippen LogP contribution in [0.3, 0.4) is 0 Å². The van der Waals surface area contributed by atoms with Crippen molar-refractivity contribution in [2.24, 2.45) is 11.8 Å². The number of esters is 1. The lowest BCUT2D eigenvalue weighted by Gasteiger charge is -2.48. The Morgan fingerprint density at radius 2 is 2.46 bits per heavy atom. The molecule has 0 bridgehead atoms. The molecule has 2 rings (SSSR count). The van der Waals surface area contributed by atoms with E-state index in [1.807, 2.05) is 12.2 Å². The van der Waals surface area contributed by atoms with Gasteiger partial charge in [0.25, 0.3) is 0 Å². The van der Waals surface area contributed by atoms with Gasteiger partial charge in [-0.15, -0.1) is 0 Å². The van der Waals surface area contributed by atoms with Crippen LogP contribution < -0.4 is 0 Å². The first-order valence-corrected chi connectivity index (χ1v) is 4.51. The zero-order chi connectivity index (χ0) is 9.47. The number of hydrogen-bond donors (Lipinski definition) is 0. The predicted molar refractivity (Wildman–Crippen MR) is 45.9 cm³/mol. The summed E-state index contributed by atoms with van der Waals surface area (Å²) in [4.78, 5) is 21.6. The fourth-order valence-electron chi connectivity index (χ4n) is 2.38. The molecule has 0 N–H and O–H groups in total. The Kier molecular flexibility index (Phi) is 1.75. The van der Waals surface area contributed by atoms with Gasteiger partial charge in [-0.25, -0.2) is 0 Å². The normalized spacial score (nSPS) is 40.7. The molecular weight excluding hydrogens is 168 g/mol. The standard InChI is InChI=1S/C10H12O3/c1-7(12)13-10-4-2-3-8(10)5-9(10)6-11/h2,4,6,8-9H,3,5H2,1H3/t8?,9-,10+/m1/s1. The highest BCUT2D eigenvalue weighted by Gasteiger charge is 2.57. The Bertz CT molecular complexity index is 282. The van der Waals surface area contributed by atoms with Crippen LogP contribution in [-0.2, 0) is 14.3 Å². The van der Waals surface area contributed by atoms with Gasteiger partial charge in [0, 0.05) is 12.8 Å². The maximum atomic E-state index is 10.9. The monoisotopic (exact) mass is 180 g/mol. The van der Waals surface area contributed by atoms with Crippen molar-refractivity contribution in [2.75, 3.05) is 0 Å². The second kappa shape index (κ2) is 2.69. The molecule has 2 aliphatic carbocycles. The van der Waals surface area contributed by atoms with Crippen LogP contribution in [0.5, 0.6) is 0 Å². The molecule has 0 amide bonds. The summed E-state index contributed by atoms with van der Waals surface area (Å²) in [6.45, 7) is 1.39. The number of aldehydes is 1. The Morgan fingerprint density at radius 1 is 1.69 bits per heavy atom. The van der Waals surface area contributed by atoms with Crippen molar-refractivity contribution in [1.82, 2.24) is 0 Å². The van der Waals surface area contributed by atoms with Gasteiger partial charge < -0.3 is 9.53 Å². The van der Waals surface area contributed by atoms with E-state index < -0.39 is 5.60 Å². The number of allylic oxidation sites excluding steroid dienone is 1. The number of ether oxygens (including phenoxy) is 1. The molecule has 1 saturated carbocycles. The molecule has 0 radical (unpaired) electrons. The third kappa shape index (κ3) is 1.03. The van der Waals surface area contributed by atoms with Crippen molar-refractivity contribution in [3.8, 4) is 0 Å². The summed E-state index contributed by atoms with van der Waals surface area (Å²) in [5.74, 6) is -0.0881. The summed E-state index contributed by atoms with van der Waals surface area (Å²) >= 11 is 0. The zero-order valence-corrected chi connectivity index (χ0v) is 7.53. The molecule has 1 unspecified atom stereocenters. The van der Waals surface area contributed by atoms with Gasteiger partial charge in [-0.1, -0.05) is 6.08 Å². The van der Waals surface area contributed by atoms with E-state index in [0.717, 1.165) is 19.1 Å². The van der Waals surface area contributed by atoms with Gasteiger partial charge in [-0.3, -0.25) is 4.79 Å². The third-order valence-electron chi connectivity index (χ3n) is 3.04. The summed E-state index contributed by atoms with van der Waals surface area (Å²) < 4.78 is 5.24. The van der Waals surface area contributed by atoms with Crippen molar-refractivity contribution in [3.63, 3.8) is 0 Å². The van der Waals surface area contributed by atoms with Gasteiger partial charge in [-0.2, -0.15) is 0 Å². The van der Waals surface area contributed by atoms with Crippen molar-refractivity contribution < 1.29 is 14.3 Å². The van der Waals surface area contributed by atoms with Gasteiger partial charge >= 0.3 is 5.97 Å². The molecule has 0 aromatic heterocycles. The van der Waals surface area contributed by atoms with Crippen LogP contribution in [0.2, 0.25) is 0 Å². The molecular formula is C10H12O3. The largest absolute Gasteiger partial charge is 0.454 e. The topological polar surface area (TPSA) is 43.4 Å². The van der Waals surface area contributed by atoms with E-state index in [4.69, 9.17) is 4.74 Å². The first kappa shape index (κ1) is 8.48. The summed E-state index contributed by atoms with van der Waals surface area (Å²) in [6.07, 6.45) is 6.55. The Morgan fingerprint density at radius 3 is 3.00 bits per heavy atom. The number of hydrogen-bond acceptors (Lipinski definition) is 3. The molecule has 0 saturated heterocycles. The molecule has 0 heterocycles. The van der Waals surface area contributed by atoms with E-state index in [2.05, 4.69) is 0 Å². The minimum atomic E-state index is -0.576. The molecule has 70 valence electrons. The molecule has 3 atom stereocenters. The summed E-state index contributed by atoms with van der Waals surface area (Å²) in [7, 11) is 0. The number of carbonyl (C=O) groups excluding carboxylic acids is 2.